The first-order chi connectivity index (χ1) is 28.2. The maximum Gasteiger partial charge on any atom is 0.227 e. The second-order valence-electron chi connectivity index (χ2n) is 14.4. The summed E-state index contributed by atoms with van der Waals surface area (Å²) in [5.41, 5.74) is 14.0. The van der Waals surface area contributed by atoms with Gasteiger partial charge >= 0.3 is 0 Å². The van der Waals surface area contributed by atoms with Gasteiger partial charge in [-0.3, -0.25) is 0 Å². The fraction of sp³-hybridized carbons (Fsp3) is 0. The molecule has 0 amide bonds. The third-order valence-electron chi connectivity index (χ3n) is 11.0. The summed E-state index contributed by atoms with van der Waals surface area (Å²) in [7, 11) is 0. The summed E-state index contributed by atoms with van der Waals surface area (Å²) in [5, 5.41) is 4.71. The summed E-state index contributed by atoms with van der Waals surface area (Å²) in [4.78, 5) is 7.29. The number of benzene rings is 9. The van der Waals surface area contributed by atoms with Crippen molar-refractivity contribution in [2.75, 3.05) is 4.90 Å². The van der Waals surface area contributed by atoms with Gasteiger partial charge in [0, 0.05) is 44.5 Å². The molecule has 11 rings (SSSR count). The molecular formula is C53H35N3O. The zero-order chi connectivity index (χ0) is 37.7. The molecule has 0 bridgehead atoms. The smallest absolute Gasteiger partial charge is 0.227 e. The predicted octanol–water partition coefficient (Wildman–Crippen LogP) is 14.5. The van der Waals surface area contributed by atoms with Crippen molar-refractivity contribution in [3.63, 3.8) is 0 Å². The van der Waals surface area contributed by atoms with E-state index in [1.165, 1.54) is 32.9 Å². The van der Waals surface area contributed by atoms with Crippen LogP contribution in [-0.2, 0) is 0 Å². The molecule has 4 heteroatoms. The Kier molecular flexibility index (Phi) is 7.78. The van der Waals surface area contributed by atoms with Crippen molar-refractivity contribution >= 4 is 60.7 Å². The zero-order valence-electron chi connectivity index (χ0n) is 31.0. The molecule has 0 atom stereocenters. The highest BCUT2D eigenvalue weighted by molar-refractivity contribution is 6.09. The van der Waals surface area contributed by atoms with Gasteiger partial charge in [-0.15, -0.1) is 0 Å². The fourth-order valence-electron chi connectivity index (χ4n) is 8.23. The lowest BCUT2D eigenvalue weighted by Gasteiger charge is -2.26. The van der Waals surface area contributed by atoms with Crippen molar-refractivity contribution < 1.29 is 4.42 Å². The number of aromatic nitrogens is 2. The van der Waals surface area contributed by atoms with Gasteiger partial charge in [0.05, 0.1) is 11.0 Å². The maximum atomic E-state index is 6.21. The van der Waals surface area contributed by atoms with Crippen LogP contribution in [0.2, 0.25) is 0 Å². The lowest BCUT2D eigenvalue weighted by atomic mass is 10.00. The van der Waals surface area contributed by atoms with Gasteiger partial charge in [-0.2, -0.15) is 0 Å². The van der Waals surface area contributed by atoms with Crippen LogP contribution < -0.4 is 4.90 Å². The standard InChI is InChI=1S/C53H35N3O/c1-3-11-36(12-4-1)37-21-26-42(27-22-37)55(44-30-32-45(33-31-44)56-49-17-9-7-15-46(49)47-16-8-10-18-50(47)56)43-28-23-38(24-29-43)41-20-19-39-25-34-51-52(48(39)35-41)54-53(57-51)40-13-5-2-6-14-40/h1-35H. The van der Waals surface area contributed by atoms with Crippen molar-refractivity contribution in [1.82, 2.24) is 9.55 Å². The largest absolute Gasteiger partial charge is 0.436 e. The molecule has 9 aromatic carbocycles. The van der Waals surface area contributed by atoms with Gasteiger partial charge in [0.25, 0.3) is 0 Å². The molecule has 0 aliphatic rings. The van der Waals surface area contributed by atoms with Crippen molar-refractivity contribution in [3.05, 3.63) is 212 Å². The van der Waals surface area contributed by atoms with Crippen molar-refractivity contribution in [2.45, 2.75) is 0 Å². The normalized spacial score (nSPS) is 11.5. The minimum atomic E-state index is 0.632. The Bertz CT molecular complexity index is 3150. The van der Waals surface area contributed by atoms with Crippen molar-refractivity contribution in [1.29, 1.82) is 0 Å². The van der Waals surface area contributed by atoms with Crippen LogP contribution in [0, 0.1) is 0 Å². The lowest BCUT2D eigenvalue weighted by Crippen LogP contribution is -2.10. The molecule has 0 radical (unpaired) electrons. The summed E-state index contributed by atoms with van der Waals surface area (Å²) in [5.74, 6) is 0.632. The molecule has 0 fully saturated rings. The van der Waals surface area contributed by atoms with Crippen LogP contribution in [0.5, 0.6) is 0 Å². The Morgan fingerprint density at radius 3 is 1.47 bits per heavy atom. The van der Waals surface area contributed by atoms with E-state index < -0.39 is 0 Å². The molecule has 0 spiro atoms. The monoisotopic (exact) mass is 729 g/mol. The number of nitrogens with zero attached hydrogens (tertiary/aromatic N) is 3. The molecule has 2 aromatic heterocycles. The molecule has 0 aliphatic carbocycles. The number of para-hydroxylation sites is 2. The van der Waals surface area contributed by atoms with Crippen LogP contribution in [0.1, 0.15) is 0 Å². The molecule has 0 unspecified atom stereocenters. The molecule has 0 aliphatic heterocycles. The van der Waals surface area contributed by atoms with Crippen LogP contribution in [0.15, 0.2) is 217 Å². The second-order valence-corrected chi connectivity index (χ2v) is 14.4. The number of rotatable bonds is 7. The Morgan fingerprint density at radius 1 is 0.386 bits per heavy atom. The summed E-state index contributed by atoms with van der Waals surface area (Å²) in [6.07, 6.45) is 0. The number of fused-ring (bicyclic) bond motifs is 6. The van der Waals surface area contributed by atoms with E-state index in [1.54, 1.807) is 0 Å². The first-order valence-corrected chi connectivity index (χ1v) is 19.3. The summed E-state index contributed by atoms with van der Waals surface area (Å²) in [6.45, 7) is 0. The first kappa shape index (κ1) is 32.7. The summed E-state index contributed by atoms with van der Waals surface area (Å²) < 4.78 is 8.58. The lowest BCUT2D eigenvalue weighted by molar-refractivity contribution is 0.620. The van der Waals surface area contributed by atoms with E-state index in [1.807, 2.05) is 36.4 Å². The van der Waals surface area contributed by atoms with E-state index in [4.69, 9.17) is 9.40 Å². The van der Waals surface area contributed by atoms with E-state index in [-0.39, 0.29) is 0 Å². The summed E-state index contributed by atoms with van der Waals surface area (Å²) in [6, 6.07) is 75.3. The number of anilines is 3. The highest BCUT2D eigenvalue weighted by Gasteiger charge is 2.17. The molecule has 2 heterocycles. The Morgan fingerprint density at radius 2 is 0.860 bits per heavy atom. The van der Waals surface area contributed by atoms with E-state index in [9.17, 15) is 0 Å². The van der Waals surface area contributed by atoms with Crippen molar-refractivity contribution in [2.24, 2.45) is 0 Å². The SMILES string of the molecule is c1ccc(-c2ccc(N(c3ccc(-c4ccc5ccc6oc(-c7ccccc7)nc6c5c4)cc3)c3ccc(-n4c5ccccc5c5ccccc54)cc3)cc2)cc1. The third kappa shape index (κ3) is 5.74. The maximum absolute atomic E-state index is 6.21. The number of hydrogen-bond donors (Lipinski definition) is 0. The fourth-order valence-corrected chi connectivity index (χ4v) is 8.23. The van der Waals surface area contributed by atoms with E-state index >= 15 is 0 Å². The van der Waals surface area contributed by atoms with E-state index in [0.29, 0.717) is 5.89 Å². The Balaban J connectivity index is 0.982. The van der Waals surface area contributed by atoms with Gasteiger partial charge < -0.3 is 13.9 Å². The van der Waals surface area contributed by atoms with Crippen LogP contribution in [-0.4, -0.2) is 9.55 Å². The Labute approximate surface area is 330 Å². The van der Waals surface area contributed by atoms with E-state index in [2.05, 4.69) is 185 Å². The summed E-state index contributed by atoms with van der Waals surface area (Å²) >= 11 is 0. The molecule has 0 saturated carbocycles. The molecule has 11 aromatic rings. The molecule has 0 N–H and O–H groups in total. The number of hydrogen-bond acceptors (Lipinski definition) is 3. The average molecular weight is 730 g/mol. The Hall–Kier alpha value is -7.69. The van der Waals surface area contributed by atoms with Crippen molar-refractivity contribution in [3.8, 4) is 39.4 Å². The number of oxazole rings is 1. The highest BCUT2D eigenvalue weighted by Crippen LogP contribution is 2.39. The van der Waals surface area contributed by atoms with Gasteiger partial charge in [-0.25, -0.2) is 4.98 Å². The van der Waals surface area contributed by atoms with Crippen LogP contribution in [0.3, 0.4) is 0 Å². The van der Waals surface area contributed by atoms with Gasteiger partial charge in [0.2, 0.25) is 5.89 Å². The molecule has 0 saturated heterocycles. The average Bonchev–Trinajstić information content (AvgIpc) is 3.88. The van der Waals surface area contributed by atoms with Crippen LogP contribution in [0.25, 0.3) is 83.1 Å². The van der Waals surface area contributed by atoms with Crippen LogP contribution in [0.4, 0.5) is 17.1 Å². The second kappa shape index (κ2) is 13.6. The quantitative estimate of drug-likeness (QED) is 0.164. The third-order valence-corrected chi connectivity index (χ3v) is 11.0. The topological polar surface area (TPSA) is 34.2 Å². The van der Waals surface area contributed by atoms with Gasteiger partial charge in [-0.05, 0) is 113 Å². The molecule has 4 nitrogen and oxygen atoms in total. The van der Waals surface area contributed by atoms with Gasteiger partial charge in [0.15, 0.2) is 5.58 Å². The predicted molar refractivity (Wildman–Crippen MR) is 237 cm³/mol. The van der Waals surface area contributed by atoms with Gasteiger partial charge in [-0.1, -0.05) is 127 Å². The first-order valence-electron chi connectivity index (χ1n) is 19.3. The van der Waals surface area contributed by atoms with E-state index in [0.717, 1.165) is 61.3 Å². The minimum absolute atomic E-state index is 0.632. The molecular weight excluding hydrogens is 695 g/mol. The highest BCUT2D eigenvalue weighted by atomic mass is 16.3. The minimum Gasteiger partial charge on any atom is -0.436 e. The molecule has 268 valence electrons. The van der Waals surface area contributed by atoms with Crippen LogP contribution >= 0.6 is 0 Å². The van der Waals surface area contributed by atoms with Gasteiger partial charge in [0.1, 0.15) is 5.52 Å². The zero-order valence-corrected chi connectivity index (χ0v) is 31.0. The molecule has 57 heavy (non-hydrogen) atoms.